The average molecular weight is 424 g/mol. The average Bonchev–Trinajstić information content (AvgIpc) is 3.23. The molecule has 1 aromatic heterocycles. The van der Waals surface area contributed by atoms with Crippen molar-refractivity contribution in [1.29, 1.82) is 0 Å². The molecule has 0 bridgehead atoms. The highest BCUT2D eigenvalue weighted by atomic mass is 32.2. The van der Waals surface area contributed by atoms with Gasteiger partial charge >= 0.3 is 0 Å². The largest absolute Gasteiger partial charge is 0.353 e. The molecular formula is C20H29N3O3S2. The lowest BCUT2D eigenvalue weighted by molar-refractivity contribution is -0.121. The van der Waals surface area contributed by atoms with E-state index < -0.39 is 10.0 Å². The fourth-order valence-electron chi connectivity index (χ4n) is 3.10. The van der Waals surface area contributed by atoms with Crippen LogP contribution in [0.25, 0.3) is 0 Å². The molecule has 1 N–H and O–H groups in total. The highest BCUT2D eigenvalue weighted by Crippen LogP contribution is 2.19. The van der Waals surface area contributed by atoms with E-state index in [0.29, 0.717) is 6.54 Å². The maximum Gasteiger partial charge on any atom is 0.252 e. The molecular weight excluding hydrogens is 394 g/mol. The van der Waals surface area contributed by atoms with E-state index in [1.54, 1.807) is 17.5 Å². The Bertz CT molecular complexity index is 820. The Morgan fingerprint density at radius 2 is 1.79 bits per heavy atom. The lowest BCUT2D eigenvalue weighted by Gasteiger charge is -2.30. The topological polar surface area (TPSA) is 69.7 Å². The molecule has 0 radical (unpaired) electrons. The molecule has 0 aliphatic rings. The number of thiophene rings is 1. The van der Waals surface area contributed by atoms with Crippen LogP contribution in [0, 0.1) is 0 Å². The molecule has 0 aliphatic carbocycles. The van der Waals surface area contributed by atoms with Gasteiger partial charge in [0.2, 0.25) is 5.91 Å². The Morgan fingerprint density at radius 1 is 1.11 bits per heavy atom. The first kappa shape index (κ1) is 22.5. The van der Waals surface area contributed by atoms with Gasteiger partial charge in [0.05, 0.1) is 6.54 Å². The number of nitrogens with zero attached hydrogens (tertiary/aromatic N) is 2. The SMILES string of the molecule is CCN(CC)[C@@H](CNC(=O)CN(C)S(=O)(=O)c1cccs1)Cc1ccccc1. The van der Waals surface area contributed by atoms with Crippen LogP contribution in [0.5, 0.6) is 0 Å². The van der Waals surface area contributed by atoms with Gasteiger partial charge in [0, 0.05) is 19.6 Å². The lowest BCUT2D eigenvalue weighted by Crippen LogP contribution is -2.47. The minimum Gasteiger partial charge on any atom is -0.353 e. The first-order chi connectivity index (χ1) is 13.4. The Labute approximate surface area is 172 Å². The van der Waals surface area contributed by atoms with Crippen LogP contribution in [0.4, 0.5) is 0 Å². The quantitative estimate of drug-likeness (QED) is 0.603. The van der Waals surface area contributed by atoms with Gasteiger partial charge in [-0.15, -0.1) is 11.3 Å². The Morgan fingerprint density at radius 3 is 2.36 bits per heavy atom. The molecule has 0 aliphatic heterocycles. The molecule has 0 saturated heterocycles. The van der Waals surface area contributed by atoms with E-state index in [1.165, 1.54) is 12.6 Å². The summed E-state index contributed by atoms with van der Waals surface area (Å²) in [5, 5.41) is 4.62. The van der Waals surface area contributed by atoms with Gasteiger partial charge in [0.15, 0.2) is 0 Å². The summed E-state index contributed by atoms with van der Waals surface area (Å²) >= 11 is 1.15. The summed E-state index contributed by atoms with van der Waals surface area (Å²) < 4.78 is 26.3. The summed E-state index contributed by atoms with van der Waals surface area (Å²) in [6.45, 7) is 6.25. The molecule has 28 heavy (non-hydrogen) atoms. The monoisotopic (exact) mass is 423 g/mol. The number of sulfonamides is 1. The summed E-state index contributed by atoms with van der Waals surface area (Å²) in [7, 11) is -2.19. The van der Waals surface area contributed by atoms with Crippen molar-refractivity contribution in [2.24, 2.45) is 0 Å². The van der Waals surface area contributed by atoms with Crippen molar-refractivity contribution in [2.75, 3.05) is 33.2 Å². The Balaban J connectivity index is 1.96. The molecule has 2 aromatic rings. The number of hydrogen-bond acceptors (Lipinski definition) is 5. The molecule has 8 heteroatoms. The summed E-state index contributed by atoms with van der Waals surface area (Å²) in [6.07, 6.45) is 0.826. The van der Waals surface area contributed by atoms with Crippen LogP contribution in [-0.2, 0) is 21.2 Å². The number of carbonyl (C=O) groups excluding carboxylic acids is 1. The zero-order chi connectivity index (χ0) is 20.6. The van der Waals surface area contributed by atoms with Crippen LogP contribution in [0.2, 0.25) is 0 Å². The summed E-state index contributed by atoms with van der Waals surface area (Å²) in [5.41, 5.74) is 1.21. The van der Waals surface area contributed by atoms with E-state index in [9.17, 15) is 13.2 Å². The van der Waals surface area contributed by atoms with Crippen LogP contribution >= 0.6 is 11.3 Å². The molecule has 0 unspecified atom stereocenters. The van der Waals surface area contributed by atoms with Crippen molar-refractivity contribution in [3.05, 3.63) is 53.4 Å². The van der Waals surface area contributed by atoms with E-state index in [4.69, 9.17) is 0 Å². The predicted octanol–water partition coefficient (Wildman–Crippen LogP) is 2.44. The summed E-state index contributed by atoms with van der Waals surface area (Å²) in [4.78, 5) is 14.7. The third-order valence-electron chi connectivity index (χ3n) is 4.70. The smallest absolute Gasteiger partial charge is 0.252 e. The van der Waals surface area contributed by atoms with E-state index in [0.717, 1.165) is 35.2 Å². The van der Waals surface area contributed by atoms with Gasteiger partial charge in [-0.1, -0.05) is 50.2 Å². The first-order valence-electron chi connectivity index (χ1n) is 9.43. The third kappa shape index (κ3) is 6.13. The molecule has 0 saturated carbocycles. The van der Waals surface area contributed by atoms with Crippen LogP contribution in [0.3, 0.4) is 0 Å². The number of nitrogens with one attached hydrogen (secondary N) is 1. The number of likely N-dealkylation sites (N-methyl/N-ethyl adjacent to an activating group) is 2. The Kier molecular flexibility index (Phi) is 8.62. The fourth-order valence-corrected chi connectivity index (χ4v) is 5.42. The van der Waals surface area contributed by atoms with Crippen LogP contribution in [0.15, 0.2) is 52.1 Å². The number of benzene rings is 1. The molecule has 1 amide bonds. The molecule has 1 atom stereocenters. The van der Waals surface area contributed by atoms with Gasteiger partial charge in [-0.2, -0.15) is 4.31 Å². The molecule has 154 valence electrons. The van der Waals surface area contributed by atoms with Crippen molar-refractivity contribution in [1.82, 2.24) is 14.5 Å². The van der Waals surface area contributed by atoms with Gasteiger partial charge in [-0.05, 0) is 36.5 Å². The van der Waals surface area contributed by atoms with Crippen molar-refractivity contribution in [3.8, 4) is 0 Å². The first-order valence-corrected chi connectivity index (χ1v) is 11.7. The zero-order valence-corrected chi connectivity index (χ0v) is 18.3. The summed E-state index contributed by atoms with van der Waals surface area (Å²) in [5.74, 6) is -0.298. The second kappa shape index (κ2) is 10.7. The second-order valence-corrected chi connectivity index (χ2v) is 9.78. The van der Waals surface area contributed by atoms with Gasteiger partial charge in [0.25, 0.3) is 10.0 Å². The van der Waals surface area contributed by atoms with E-state index in [1.807, 2.05) is 18.2 Å². The maximum atomic E-state index is 12.5. The minimum absolute atomic E-state index is 0.153. The van der Waals surface area contributed by atoms with Crippen LogP contribution in [0.1, 0.15) is 19.4 Å². The van der Waals surface area contributed by atoms with Gasteiger partial charge in [-0.25, -0.2) is 8.42 Å². The number of amides is 1. The highest BCUT2D eigenvalue weighted by molar-refractivity contribution is 7.91. The van der Waals surface area contributed by atoms with Gasteiger partial charge < -0.3 is 5.32 Å². The maximum absolute atomic E-state index is 12.5. The van der Waals surface area contributed by atoms with E-state index in [-0.39, 0.29) is 22.7 Å². The molecule has 2 rings (SSSR count). The molecule has 1 aromatic carbocycles. The van der Waals surface area contributed by atoms with E-state index >= 15 is 0 Å². The normalized spacial score (nSPS) is 13.0. The highest BCUT2D eigenvalue weighted by Gasteiger charge is 2.24. The number of hydrogen-bond donors (Lipinski definition) is 1. The Hall–Kier alpha value is -1.74. The van der Waals surface area contributed by atoms with Crippen molar-refractivity contribution in [2.45, 2.75) is 30.5 Å². The minimum atomic E-state index is -3.62. The number of carbonyl (C=O) groups is 1. The fraction of sp³-hybridized carbons (Fsp3) is 0.450. The summed E-state index contributed by atoms with van der Waals surface area (Å²) in [6, 6.07) is 13.6. The van der Waals surface area contributed by atoms with Gasteiger partial charge in [-0.3, -0.25) is 9.69 Å². The van der Waals surface area contributed by atoms with Crippen molar-refractivity contribution < 1.29 is 13.2 Å². The van der Waals surface area contributed by atoms with Crippen molar-refractivity contribution in [3.63, 3.8) is 0 Å². The molecule has 1 heterocycles. The predicted molar refractivity (Wildman–Crippen MR) is 114 cm³/mol. The lowest BCUT2D eigenvalue weighted by atomic mass is 10.0. The number of rotatable bonds is 11. The van der Waals surface area contributed by atoms with E-state index in [2.05, 4.69) is 36.2 Å². The van der Waals surface area contributed by atoms with Crippen LogP contribution < -0.4 is 5.32 Å². The molecule has 6 nitrogen and oxygen atoms in total. The van der Waals surface area contributed by atoms with Crippen molar-refractivity contribution >= 4 is 27.3 Å². The third-order valence-corrected chi connectivity index (χ3v) is 7.88. The second-order valence-electron chi connectivity index (χ2n) is 6.56. The standard InChI is InChI=1S/C20H29N3O3S2/c1-4-23(5-2)18(14-17-10-7-6-8-11-17)15-21-19(24)16-22(3)28(25,26)20-12-9-13-27-20/h6-13,18H,4-5,14-16H2,1-3H3,(H,21,24)/t18-/m1/s1. The van der Waals surface area contributed by atoms with Gasteiger partial charge in [0.1, 0.15) is 4.21 Å². The van der Waals surface area contributed by atoms with Crippen LogP contribution in [-0.4, -0.2) is 62.8 Å². The molecule has 0 spiro atoms. The zero-order valence-electron chi connectivity index (χ0n) is 16.7. The molecule has 0 fully saturated rings.